The predicted molar refractivity (Wildman–Crippen MR) is 105 cm³/mol. The number of carbonyl (C=O) groups is 1. The molecule has 6 nitrogen and oxygen atoms in total. The lowest BCUT2D eigenvalue weighted by Gasteiger charge is -2.20. The van der Waals surface area contributed by atoms with Crippen molar-refractivity contribution < 1.29 is 9.53 Å². The molecule has 0 fully saturated rings. The number of carbonyl (C=O) groups excluding carboxylic acids is 1. The number of fused-ring (bicyclic) bond motifs is 1. The highest BCUT2D eigenvalue weighted by Crippen LogP contribution is 2.33. The number of nitrogens with one attached hydrogen (secondary N) is 1. The van der Waals surface area contributed by atoms with E-state index in [1.165, 1.54) is 11.9 Å². The fourth-order valence-corrected chi connectivity index (χ4v) is 2.90. The zero-order valence-corrected chi connectivity index (χ0v) is 16.4. The number of ether oxygens (including phenoxy) is 1. The van der Waals surface area contributed by atoms with Crippen LogP contribution in [0.1, 0.15) is 20.8 Å². The summed E-state index contributed by atoms with van der Waals surface area (Å²) in [5, 5.41) is 4.91. The molecule has 1 aromatic carbocycles. The third-order valence-electron chi connectivity index (χ3n) is 2.84. The molecule has 0 saturated heterocycles. The van der Waals surface area contributed by atoms with E-state index < -0.39 is 11.7 Å². The van der Waals surface area contributed by atoms with Gasteiger partial charge in [-0.3, -0.25) is 5.32 Å². The van der Waals surface area contributed by atoms with Gasteiger partial charge < -0.3 is 9.64 Å². The first kappa shape index (κ1) is 19.3. The molecule has 0 atom stereocenters. The van der Waals surface area contributed by atoms with Gasteiger partial charge in [0.1, 0.15) is 10.8 Å². The second-order valence-electron chi connectivity index (χ2n) is 6.61. The molecule has 0 spiro atoms. The van der Waals surface area contributed by atoms with Crippen LogP contribution in [0.3, 0.4) is 0 Å². The lowest BCUT2D eigenvalue weighted by atomic mass is 10.1. The Morgan fingerprint density at radius 3 is 2.72 bits per heavy atom. The summed E-state index contributed by atoms with van der Waals surface area (Å²) >= 11 is 7.31. The monoisotopic (exact) mass is 380 g/mol. The van der Waals surface area contributed by atoms with Crippen molar-refractivity contribution in [2.75, 3.05) is 19.4 Å². The molecule has 0 bridgehead atoms. The minimum Gasteiger partial charge on any atom is -0.444 e. The van der Waals surface area contributed by atoms with Crippen molar-refractivity contribution in [3.05, 3.63) is 29.5 Å². The van der Waals surface area contributed by atoms with Crippen LogP contribution in [0.5, 0.6) is 0 Å². The van der Waals surface area contributed by atoms with Crippen LogP contribution in [0.25, 0.3) is 10.8 Å². The lowest BCUT2D eigenvalue weighted by molar-refractivity contribution is 0.0636. The van der Waals surface area contributed by atoms with Gasteiger partial charge >= 0.3 is 6.09 Å². The second kappa shape index (κ2) is 7.93. The van der Waals surface area contributed by atoms with E-state index in [2.05, 4.69) is 14.7 Å². The van der Waals surface area contributed by atoms with Crippen LogP contribution < -0.4 is 5.32 Å². The summed E-state index contributed by atoms with van der Waals surface area (Å²) in [5.74, 6) is 0. The molecule has 1 aromatic heterocycles. The van der Waals surface area contributed by atoms with Crippen LogP contribution >= 0.6 is 23.5 Å². The Balaban J connectivity index is 2.35. The van der Waals surface area contributed by atoms with Gasteiger partial charge in [-0.25, -0.2) is 14.2 Å². The van der Waals surface area contributed by atoms with Gasteiger partial charge in [0.05, 0.1) is 6.34 Å². The average molecular weight is 381 g/mol. The Morgan fingerprint density at radius 2 is 2.08 bits per heavy atom. The van der Waals surface area contributed by atoms with Gasteiger partial charge in [0.15, 0.2) is 0 Å². The van der Waals surface area contributed by atoms with Crippen molar-refractivity contribution in [3.8, 4) is 0 Å². The summed E-state index contributed by atoms with van der Waals surface area (Å²) in [5.41, 5.74) is 0.0391. The number of hydrogen-bond acceptors (Lipinski definition) is 5. The number of amides is 1. The van der Waals surface area contributed by atoms with Crippen LogP contribution in [0.15, 0.2) is 33.7 Å². The molecule has 0 aliphatic heterocycles. The number of pyridine rings is 1. The van der Waals surface area contributed by atoms with E-state index in [9.17, 15) is 4.79 Å². The second-order valence-corrected chi connectivity index (χ2v) is 7.83. The predicted octanol–water partition coefficient (Wildman–Crippen LogP) is 4.83. The smallest absolute Gasteiger partial charge is 0.412 e. The standard InChI is InChI=1S/C17H21ClN4O2S/c1-17(2,3)24-16(23)21-12-6-11-9-19-15(18)8-13(11)14(7-12)25-20-10-22(4)5/h6-10H,1-5H3,(H,21,23). The van der Waals surface area contributed by atoms with Crippen LogP contribution in [0.2, 0.25) is 5.15 Å². The Morgan fingerprint density at radius 1 is 1.36 bits per heavy atom. The molecular formula is C17H21ClN4O2S. The summed E-state index contributed by atoms with van der Waals surface area (Å²) in [6, 6.07) is 5.43. The first-order valence-corrected chi connectivity index (χ1v) is 8.75. The van der Waals surface area contributed by atoms with Gasteiger partial charge in [-0.2, -0.15) is 0 Å². The van der Waals surface area contributed by atoms with Gasteiger partial charge in [-0.05, 0) is 39.0 Å². The van der Waals surface area contributed by atoms with Gasteiger partial charge in [0.2, 0.25) is 0 Å². The molecule has 1 amide bonds. The van der Waals surface area contributed by atoms with Crippen molar-refractivity contribution in [2.45, 2.75) is 31.3 Å². The van der Waals surface area contributed by atoms with E-state index in [-0.39, 0.29) is 0 Å². The van der Waals surface area contributed by atoms with E-state index in [1.807, 2.05) is 51.9 Å². The molecular weight excluding hydrogens is 360 g/mol. The van der Waals surface area contributed by atoms with Gasteiger partial charge in [-0.15, -0.1) is 0 Å². The average Bonchev–Trinajstić information content (AvgIpc) is 2.45. The number of anilines is 1. The van der Waals surface area contributed by atoms with Crippen molar-refractivity contribution in [2.24, 2.45) is 4.40 Å². The molecule has 0 radical (unpaired) electrons. The highest BCUT2D eigenvalue weighted by Gasteiger charge is 2.17. The molecule has 2 rings (SSSR count). The number of benzene rings is 1. The SMILES string of the molecule is CN(C)C=NSc1cc(NC(=O)OC(C)(C)C)cc2cnc(Cl)cc12. The van der Waals surface area contributed by atoms with E-state index in [0.717, 1.165) is 15.7 Å². The summed E-state index contributed by atoms with van der Waals surface area (Å²) in [7, 11) is 3.78. The third kappa shape index (κ3) is 6.10. The summed E-state index contributed by atoms with van der Waals surface area (Å²) in [6.45, 7) is 5.45. The van der Waals surface area contributed by atoms with E-state index in [4.69, 9.17) is 16.3 Å². The topological polar surface area (TPSA) is 66.8 Å². The molecule has 1 heterocycles. The van der Waals surface area contributed by atoms with Crippen LogP contribution in [0.4, 0.5) is 10.5 Å². The summed E-state index contributed by atoms with van der Waals surface area (Å²) < 4.78 is 9.61. The fraction of sp³-hybridized carbons (Fsp3) is 0.353. The van der Waals surface area contributed by atoms with Gasteiger partial charge in [0.25, 0.3) is 0 Å². The number of halogens is 1. The molecule has 0 saturated carbocycles. The molecule has 0 aliphatic rings. The van der Waals surface area contributed by atoms with Crippen molar-refractivity contribution >= 4 is 52.4 Å². The molecule has 8 heteroatoms. The minimum absolute atomic E-state index is 0.402. The van der Waals surface area contributed by atoms with Crippen LogP contribution in [0, 0.1) is 0 Å². The maximum absolute atomic E-state index is 12.0. The van der Waals surface area contributed by atoms with Crippen molar-refractivity contribution in [3.63, 3.8) is 0 Å². The normalized spacial score (nSPS) is 11.8. The van der Waals surface area contributed by atoms with Crippen molar-refractivity contribution in [1.29, 1.82) is 0 Å². The molecule has 2 aromatic rings. The Bertz CT molecular complexity index is 803. The largest absolute Gasteiger partial charge is 0.444 e. The molecule has 134 valence electrons. The van der Waals surface area contributed by atoms with Crippen molar-refractivity contribution in [1.82, 2.24) is 9.88 Å². The highest BCUT2D eigenvalue weighted by molar-refractivity contribution is 7.98. The number of aromatic nitrogens is 1. The summed E-state index contributed by atoms with van der Waals surface area (Å²) in [6.07, 6.45) is 2.85. The quantitative estimate of drug-likeness (QED) is 0.356. The highest BCUT2D eigenvalue weighted by atomic mass is 35.5. The molecule has 25 heavy (non-hydrogen) atoms. The first-order valence-electron chi connectivity index (χ1n) is 7.60. The molecule has 0 unspecified atom stereocenters. The van der Waals surface area contributed by atoms with E-state index in [1.54, 1.807) is 18.6 Å². The summed E-state index contributed by atoms with van der Waals surface area (Å²) in [4.78, 5) is 18.8. The molecule has 1 N–H and O–H groups in total. The van der Waals surface area contributed by atoms with E-state index >= 15 is 0 Å². The Labute approximate surface area is 156 Å². The maximum Gasteiger partial charge on any atom is 0.412 e. The number of nitrogens with zero attached hydrogens (tertiary/aromatic N) is 3. The molecule has 0 aliphatic carbocycles. The van der Waals surface area contributed by atoms with Crippen LogP contribution in [-0.2, 0) is 4.74 Å². The van der Waals surface area contributed by atoms with Gasteiger partial charge in [-0.1, -0.05) is 11.6 Å². The zero-order valence-electron chi connectivity index (χ0n) is 14.8. The lowest BCUT2D eigenvalue weighted by Crippen LogP contribution is -2.27. The Hall–Kier alpha value is -1.99. The minimum atomic E-state index is -0.566. The zero-order chi connectivity index (χ0) is 18.6. The van der Waals surface area contributed by atoms with E-state index in [0.29, 0.717) is 10.8 Å². The fourth-order valence-electron chi connectivity index (χ4n) is 1.94. The Kier molecular flexibility index (Phi) is 6.13. The maximum atomic E-state index is 12.0. The first-order chi connectivity index (χ1) is 11.6. The third-order valence-corrected chi connectivity index (χ3v) is 3.78. The number of hydrogen-bond donors (Lipinski definition) is 1. The van der Waals surface area contributed by atoms with Crippen LogP contribution in [-0.4, -0.2) is 42.0 Å². The number of rotatable bonds is 4. The van der Waals surface area contributed by atoms with Gasteiger partial charge in [0, 0.05) is 53.6 Å².